The standard InChI is InChI=1S/C20H22N2O3/c1-24-16-7-9-17(10-8-16)25-13-19-14-5-6-15(12-14)22(19)20(23)18-4-2-3-11-21-18/h2-4,7-11,14-15,19H,5-6,12-13H2,1H3/t14-,15+,19+/m0/s1. The number of rotatable bonds is 5. The Labute approximate surface area is 147 Å². The molecule has 0 unspecified atom stereocenters. The number of ether oxygens (including phenoxy) is 2. The first-order chi connectivity index (χ1) is 12.3. The molecule has 3 atom stereocenters. The maximum Gasteiger partial charge on any atom is 0.273 e. The van der Waals surface area contributed by atoms with E-state index in [1.807, 2.05) is 41.3 Å². The first kappa shape index (κ1) is 15.9. The topological polar surface area (TPSA) is 51.7 Å². The SMILES string of the molecule is COc1ccc(OC[C@@H]2[C@H]3CC[C@H](C3)N2C(=O)c2ccccn2)cc1. The Hall–Kier alpha value is -2.56. The summed E-state index contributed by atoms with van der Waals surface area (Å²) in [6.45, 7) is 0.520. The van der Waals surface area contributed by atoms with E-state index >= 15 is 0 Å². The van der Waals surface area contributed by atoms with Crippen LogP contribution in [0.15, 0.2) is 48.7 Å². The predicted octanol–water partition coefficient (Wildman–Crippen LogP) is 3.16. The first-order valence-electron chi connectivity index (χ1n) is 8.77. The molecule has 130 valence electrons. The van der Waals surface area contributed by atoms with Crippen LogP contribution in [0, 0.1) is 5.92 Å². The molecule has 2 bridgehead atoms. The molecule has 1 aliphatic heterocycles. The van der Waals surface area contributed by atoms with Crippen molar-refractivity contribution in [3.63, 3.8) is 0 Å². The Morgan fingerprint density at radius 1 is 1.16 bits per heavy atom. The van der Waals surface area contributed by atoms with Crippen LogP contribution in [0.1, 0.15) is 29.8 Å². The number of hydrogen-bond acceptors (Lipinski definition) is 4. The van der Waals surface area contributed by atoms with E-state index in [-0.39, 0.29) is 11.9 Å². The minimum atomic E-state index is 0.0242. The molecule has 1 amide bonds. The van der Waals surface area contributed by atoms with E-state index < -0.39 is 0 Å². The summed E-state index contributed by atoms with van der Waals surface area (Å²) < 4.78 is 11.2. The summed E-state index contributed by atoms with van der Waals surface area (Å²) in [7, 11) is 1.65. The zero-order chi connectivity index (χ0) is 17.2. The number of benzene rings is 1. The molecule has 1 saturated heterocycles. The smallest absolute Gasteiger partial charge is 0.273 e. The third kappa shape index (κ3) is 3.06. The molecule has 25 heavy (non-hydrogen) atoms. The van der Waals surface area contributed by atoms with Gasteiger partial charge in [0.25, 0.3) is 5.91 Å². The molecule has 2 heterocycles. The van der Waals surface area contributed by atoms with E-state index in [0.29, 0.717) is 24.3 Å². The lowest BCUT2D eigenvalue weighted by Gasteiger charge is -2.35. The molecular weight excluding hydrogens is 316 g/mol. The van der Waals surface area contributed by atoms with Crippen molar-refractivity contribution in [2.75, 3.05) is 13.7 Å². The van der Waals surface area contributed by atoms with Gasteiger partial charge in [-0.2, -0.15) is 0 Å². The van der Waals surface area contributed by atoms with Gasteiger partial charge in [0, 0.05) is 12.2 Å². The van der Waals surface area contributed by atoms with Crippen molar-refractivity contribution in [1.29, 1.82) is 0 Å². The minimum absolute atomic E-state index is 0.0242. The van der Waals surface area contributed by atoms with Crippen LogP contribution < -0.4 is 9.47 Å². The number of aromatic nitrogens is 1. The minimum Gasteiger partial charge on any atom is -0.497 e. The van der Waals surface area contributed by atoms with Crippen molar-refractivity contribution in [1.82, 2.24) is 9.88 Å². The molecule has 1 aromatic carbocycles. The highest BCUT2D eigenvalue weighted by molar-refractivity contribution is 5.93. The second kappa shape index (κ2) is 6.75. The van der Waals surface area contributed by atoms with Crippen LogP contribution in [0.3, 0.4) is 0 Å². The van der Waals surface area contributed by atoms with Gasteiger partial charge in [-0.1, -0.05) is 6.07 Å². The lowest BCUT2D eigenvalue weighted by Crippen LogP contribution is -2.48. The Bertz CT molecular complexity index is 732. The van der Waals surface area contributed by atoms with E-state index in [1.54, 1.807) is 19.4 Å². The van der Waals surface area contributed by atoms with E-state index in [4.69, 9.17) is 9.47 Å². The van der Waals surface area contributed by atoms with Gasteiger partial charge in [0.15, 0.2) is 0 Å². The van der Waals surface area contributed by atoms with Gasteiger partial charge >= 0.3 is 0 Å². The van der Waals surface area contributed by atoms with Crippen molar-refractivity contribution >= 4 is 5.91 Å². The number of likely N-dealkylation sites (tertiary alicyclic amines) is 1. The molecule has 0 spiro atoms. The number of fused-ring (bicyclic) bond motifs is 2. The van der Waals surface area contributed by atoms with Crippen LogP contribution in [0.5, 0.6) is 11.5 Å². The highest BCUT2D eigenvalue weighted by atomic mass is 16.5. The number of pyridine rings is 1. The summed E-state index contributed by atoms with van der Waals surface area (Å²) in [6, 6.07) is 13.5. The molecule has 1 saturated carbocycles. The summed E-state index contributed by atoms with van der Waals surface area (Å²) in [4.78, 5) is 19.2. The van der Waals surface area contributed by atoms with Crippen LogP contribution in [0.4, 0.5) is 0 Å². The highest BCUT2D eigenvalue weighted by Gasteiger charge is 2.48. The Balaban J connectivity index is 1.48. The monoisotopic (exact) mass is 338 g/mol. The number of nitrogens with zero attached hydrogens (tertiary/aromatic N) is 2. The van der Waals surface area contributed by atoms with Crippen molar-refractivity contribution in [3.05, 3.63) is 54.4 Å². The van der Waals surface area contributed by atoms with Gasteiger partial charge in [0.2, 0.25) is 0 Å². The number of carbonyl (C=O) groups is 1. The number of hydrogen-bond donors (Lipinski definition) is 0. The predicted molar refractivity (Wildman–Crippen MR) is 93.8 cm³/mol. The number of amides is 1. The largest absolute Gasteiger partial charge is 0.497 e. The molecule has 0 radical (unpaired) electrons. The quantitative estimate of drug-likeness (QED) is 0.840. The van der Waals surface area contributed by atoms with Gasteiger partial charge < -0.3 is 14.4 Å². The van der Waals surface area contributed by atoms with Crippen LogP contribution in [-0.4, -0.2) is 41.6 Å². The lowest BCUT2D eigenvalue weighted by atomic mass is 9.99. The Morgan fingerprint density at radius 3 is 2.68 bits per heavy atom. The number of piperidine rings is 1. The molecule has 5 heteroatoms. The normalized spacial score (nSPS) is 24.4. The number of methoxy groups -OCH3 is 1. The molecule has 4 rings (SSSR count). The fourth-order valence-corrected chi connectivity index (χ4v) is 4.10. The van der Waals surface area contributed by atoms with Crippen LogP contribution >= 0.6 is 0 Å². The van der Waals surface area contributed by atoms with Crippen molar-refractivity contribution in [2.24, 2.45) is 5.92 Å². The van der Waals surface area contributed by atoms with Gasteiger partial charge in [-0.25, -0.2) is 0 Å². The molecule has 5 nitrogen and oxygen atoms in total. The third-order valence-corrected chi connectivity index (χ3v) is 5.34. The average molecular weight is 338 g/mol. The lowest BCUT2D eigenvalue weighted by molar-refractivity contribution is 0.0500. The Kier molecular flexibility index (Phi) is 4.30. The number of carbonyl (C=O) groups excluding carboxylic acids is 1. The zero-order valence-electron chi connectivity index (χ0n) is 14.3. The summed E-state index contributed by atoms with van der Waals surface area (Å²) in [5.74, 6) is 2.15. The van der Waals surface area contributed by atoms with Crippen molar-refractivity contribution in [3.8, 4) is 11.5 Å². The van der Waals surface area contributed by atoms with Gasteiger partial charge in [-0.15, -0.1) is 0 Å². The third-order valence-electron chi connectivity index (χ3n) is 5.34. The van der Waals surface area contributed by atoms with Gasteiger partial charge in [0.1, 0.15) is 23.8 Å². The van der Waals surface area contributed by atoms with Crippen molar-refractivity contribution in [2.45, 2.75) is 31.3 Å². The van der Waals surface area contributed by atoms with Crippen LogP contribution in [-0.2, 0) is 0 Å². The van der Waals surface area contributed by atoms with Gasteiger partial charge in [-0.05, 0) is 61.6 Å². The molecule has 2 fully saturated rings. The molecule has 2 aliphatic rings. The summed E-state index contributed by atoms with van der Waals surface area (Å²) in [5.41, 5.74) is 0.518. The van der Waals surface area contributed by atoms with Gasteiger partial charge in [-0.3, -0.25) is 9.78 Å². The van der Waals surface area contributed by atoms with Crippen LogP contribution in [0.25, 0.3) is 0 Å². The molecule has 1 aromatic heterocycles. The van der Waals surface area contributed by atoms with E-state index in [2.05, 4.69) is 4.98 Å². The summed E-state index contributed by atoms with van der Waals surface area (Å²) in [6.07, 6.45) is 5.01. The van der Waals surface area contributed by atoms with Crippen LogP contribution in [0.2, 0.25) is 0 Å². The second-order valence-corrected chi connectivity index (χ2v) is 6.71. The Morgan fingerprint density at radius 2 is 1.96 bits per heavy atom. The van der Waals surface area contributed by atoms with E-state index in [9.17, 15) is 4.79 Å². The fourth-order valence-electron chi connectivity index (χ4n) is 4.10. The summed E-state index contributed by atoms with van der Waals surface area (Å²) >= 11 is 0. The molecule has 0 N–H and O–H groups in total. The maximum atomic E-state index is 12.9. The highest BCUT2D eigenvalue weighted by Crippen LogP contribution is 2.43. The van der Waals surface area contributed by atoms with Crippen molar-refractivity contribution < 1.29 is 14.3 Å². The van der Waals surface area contributed by atoms with E-state index in [0.717, 1.165) is 24.3 Å². The zero-order valence-corrected chi connectivity index (χ0v) is 14.3. The van der Waals surface area contributed by atoms with Gasteiger partial charge in [0.05, 0.1) is 13.2 Å². The summed E-state index contributed by atoms with van der Waals surface area (Å²) in [5, 5.41) is 0. The fraction of sp³-hybridized carbons (Fsp3) is 0.400. The first-order valence-corrected chi connectivity index (χ1v) is 8.77. The maximum absolute atomic E-state index is 12.9. The molecular formula is C20H22N2O3. The van der Waals surface area contributed by atoms with E-state index in [1.165, 1.54) is 6.42 Å². The average Bonchev–Trinajstić information content (AvgIpc) is 3.28. The molecule has 2 aromatic rings. The second-order valence-electron chi connectivity index (χ2n) is 6.71. The molecule has 1 aliphatic carbocycles.